The minimum Gasteiger partial charge on any atom is -0.481 e. The zero-order chi connectivity index (χ0) is 15.1. The fourth-order valence-electron chi connectivity index (χ4n) is 1.75. The van der Waals surface area contributed by atoms with Crippen molar-refractivity contribution in [3.05, 3.63) is 54.0 Å². The van der Waals surface area contributed by atoms with E-state index in [0.29, 0.717) is 12.4 Å². The van der Waals surface area contributed by atoms with E-state index in [-0.39, 0.29) is 18.1 Å². The average Bonchev–Trinajstić information content (AvgIpc) is 2.50. The molecule has 5 nitrogen and oxygen atoms in total. The van der Waals surface area contributed by atoms with Gasteiger partial charge < -0.3 is 15.4 Å². The molecular weight excluding hydrogens is 273 g/mol. The topological polar surface area (TPSA) is 63.2 Å². The number of anilines is 1. The molecule has 0 aliphatic rings. The highest BCUT2D eigenvalue weighted by Gasteiger charge is 2.06. The molecule has 110 valence electrons. The maximum Gasteiger partial charge on any atom is 0.238 e. The maximum atomic E-state index is 13.4. The summed E-state index contributed by atoms with van der Waals surface area (Å²) in [5.74, 6) is -0.240. The van der Waals surface area contributed by atoms with Gasteiger partial charge in [-0.15, -0.1) is 0 Å². The second kappa shape index (κ2) is 7.35. The molecule has 1 heterocycles. The summed E-state index contributed by atoms with van der Waals surface area (Å²) in [6.45, 7) is 0.572. The number of amides is 1. The molecule has 1 aromatic carbocycles. The molecule has 0 radical (unpaired) electrons. The number of nitrogens with zero attached hydrogens (tertiary/aromatic N) is 1. The molecular formula is C15H16FN3O2. The molecule has 2 rings (SSSR count). The van der Waals surface area contributed by atoms with Crippen molar-refractivity contribution < 1.29 is 13.9 Å². The summed E-state index contributed by atoms with van der Waals surface area (Å²) >= 11 is 0. The Kier molecular flexibility index (Phi) is 5.22. The van der Waals surface area contributed by atoms with E-state index in [0.717, 1.165) is 5.56 Å². The van der Waals surface area contributed by atoms with Crippen LogP contribution in [0.25, 0.3) is 0 Å². The van der Waals surface area contributed by atoms with Crippen LogP contribution in [0, 0.1) is 5.82 Å². The number of methoxy groups -OCH3 is 1. The van der Waals surface area contributed by atoms with Crippen LogP contribution in [0.1, 0.15) is 5.56 Å². The van der Waals surface area contributed by atoms with Gasteiger partial charge in [-0.25, -0.2) is 9.37 Å². The summed E-state index contributed by atoms with van der Waals surface area (Å²) in [4.78, 5) is 15.7. The molecule has 0 spiro atoms. The van der Waals surface area contributed by atoms with Crippen LogP contribution in [0.15, 0.2) is 42.6 Å². The van der Waals surface area contributed by atoms with Crippen LogP contribution in [0.2, 0.25) is 0 Å². The molecule has 0 fully saturated rings. The van der Waals surface area contributed by atoms with Gasteiger partial charge in [-0.2, -0.15) is 0 Å². The minimum absolute atomic E-state index is 0.0823. The number of carbonyl (C=O) groups excluding carboxylic acids is 1. The molecule has 2 N–H and O–H groups in total. The zero-order valence-corrected chi connectivity index (χ0v) is 11.6. The Labute approximate surface area is 122 Å². The van der Waals surface area contributed by atoms with E-state index in [1.807, 2.05) is 6.07 Å². The second-order valence-corrected chi connectivity index (χ2v) is 4.34. The van der Waals surface area contributed by atoms with Crippen LogP contribution >= 0.6 is 0 Å². The standard InChI is InChI=1S/C15H16FN3O2/c1-21-15-8-11(6-7-18-15)9-17-10-14(20)19-13-5-3-2-4-12(13)16/h2-8,17H,9-10H2,1H3,(H,19,20). The Morgan fingerprint density at radius 1 is 1.33 bits per heavy atom. The van der Waals surface area contributed by atoms with Crippen LogP contribution in [0.4, 0.5) is 10.1 Å². The number of carbonyl (C=O) groups is 1. The number of benzene rings is 1. The molecule has 0 atom stereocenters. The summed E-state index contributed by atoms with van der Waals surface area (Å²) in [5, 5.41) is 5.48. The molecule has 1 aromatic heterocycles. The number of ether oxygens (including phenoxy) is 1. The fraction of sp³-hybridized carbons (Fsp3) is 0.200. The van der Waals surface area contributed by atoms with E-state index in [2.05, 4.69) is 15.6 Å². The number of halogens is 1. The average molecular weight is 289 g/mol. The first-order chi connectivity index (χ1) is 10.2. The highest BCUT2D eigenvalue weighted by atomic mass is 19.1. The Morgan fingerprint density at radius 2 is 2.14 bits per heavy atom. The van der Waals surface area contributed by atoms with Gasteiger partial charge in [0.1, 0.15) is 5.82 Å². The smallest absolute Gasteiger partial charge is 0.238 e. The fourth-order valence-corrected chi connectivity index (χ4v) is 1.75. The molecule has 0 aliphatic heterocycles. The van der Waals surface area contributed by atoms with Crippen LogP contribution in [0.3, 0.4) is 0 Å². The Hall–Kier alpha value is -2.47. The van der Waals surface area contributed by atoms with Gasteiger partial charge in [-0.3, -0.25) is 4.79 Å². The van der Waals surface area contributed by atoms with Crippen molar-refractivity contribution in [2.24, 2.45) is 0 Å². The lowest BCUT2D eigenvalue weighted by molar-refractivity contribution is -0.115. The quantitative estimate of drug-likeness (QED) is 0.853. The van der Waals surface area contributed by atoms with E-state index in [9.17, 15) is 9.18 Å². The predicted molar refractivity (Wildman–Crippen MR) is 77.5 cm³/mol. The second-order valence-electron chi connectivity index (χ2n) is 4.34. The number of hydrogen-bond donors (Lipinski definition) is 2. The van der Waals surface area contributed by atoms with E-state index < -0.39 is 5.82 Å². The molecule has 1 amide bonds. The first kappa shape index (κ1) is 14.9. The first-order valence-corrected chi connectivity index (χ1v) is 6.43. The number of aromatic nitrogens is 1. The minimum atomic E-state index is -0.454. The third-order valence-corrected chi connectivity index (χ3v) is 2.77. The number of para-hydroxylation sites is 1. The van der Waals surface area contributed by atoms with E-state index in [1.165, 1.54) is 12.1 Å². The van der Waals surface area contributed by atoms with E-state index >= 15 is 0 Å². The maximum absolute atomic E-state index is 13.4. The summed E-state index contributed by atoms with van der Waals surface area (Å²) in [5.41, 5.74) is 1.12. The first-order valence-electron chi connectivity index (χ1n) is 6.43. The number of hydrogen-bond acceptors (Lipinski definition) is 4. The lowest BCUT2D eigenvalue weighted by Gasteiger charge is -2.08. The highest BCUT2D eigenvalue weighted by Crippen LogP contribution is 2.12. The van der Waals surface area contributed by atoms with Crippen LogP contribution in [-0.2, 0) is 11.3 Å². The van der Waals surface area contributed by atoms with Crippen molar-refractivity contribution in [2.45, 2.75) is 6.54 Å². The van der Waals surface area contributed by atoms with Crippen LogP contribution < -0.4 is 15.4 Å². The highest BCUT2D eigenvalue weighted by molar-refractivity contribution is 5.92. The van der Waals surface area contributed by atoms with Crippen LogP contribution in [-0.4, -0.2) is 24.5 Å². The lowest BCUT2D eigenvalue weighted by atomic mass is 10.2. The largest absolute Gasteiger partial charge is 0.481 e. The molecule has 0 unspecified atom stereocenters. The van der Waals surface area contributed by atoms with Gasteiger partial charge >= 0.3 is 0 Å². The van der Waals surface area contributed by atoms with Crippen molar-refractivity contribution in [2.75, 3.05) is 19.0 Å². The molecule has 0 bridgehead atoms. The summed E-state index contributed by atoms with van der Waals surface area (Å²) < 4.78 is 18.4. The van der Waals surface area contributed by atoms with Crippen molar-refractivity contribution in [3.63, 3.8) is 0 Å². The van der Waals surface area contributed by atoms with Crippen molar-refractivity contribution in [1.29, 1.82) is 0 Å². The molecule has 0 saturated heterocycles. The predicted octanol–water partition coefficient (Wildman–Crippen LogP) is 1.96. The van der Waals surface area contributed by atoms with Crippen molar-refractivity contribution >= 4 is 11.6 Å². The molecule has 2 aromatic rings. The Morgan fingerprint density at radius 3 is 2.90 bits per heavy atom. The number of pyridine rings is 1. The SMILES string of the molecule is COc1cc(CNCC(=O)Nc2ccccc2F)ccn1. The van der Waals surface area contributed by atoms with E-state index in [4.69, 9.17) is 4.74 Å². The summed E-state index contributed by atoms with van der Waals surface area (Å²) in [7, 11) is 1.54. The third-order valence-electron chi connectivity index (χ3n) is 2.77. The summed E-state index contributed by atoms with van der Waals surface area (Å²) in [6.07, 6.45) is 1.63. The Bertz CT molecular complexity index is 619. The molecule has 0 saturated carbocycles. The summed E-state index contributed by atoms with van der Waals surface area (Å²) in [6, 6.07) is 9.65. The van der Waals surface area contributed by atoms with Gasteiger partial charge in [0.05, 0.1) is 19.3 Å². The van der Waals surface area contributed by atoms with E-state index in [1.54, 1.807) is 31.5 Å². The third kappa shape index (κ3) is 4.54. The van der Waals surface area contributed by atoms with Gasteiger partial charge in [-0.05, 0) is 23.8 Å². The normalized spacial score (nSPS) is 10.2. The lowest BCUT2D eigenvalue weighted by Crippen LogP contribution is -2.28. The van der Waals surface area contributed by atoms with Gasteiger partial charge in [0.15, 0.2) is 0 Å². The van der Waals surface area contributed by atoms with Gasteiger partial charge in [0, 0.05) is 18.8 Å². The van der Waals surface area contributed by atoms with Gasteiger partial charge in [-0.1, -0.05) is 12.1 Å². The molecule has 21 heavy (non-hydrogen) atoms. The molecule has 0 aliphatic carbocycles. The zero-order valence-electron chi connectivity index (χ0n) is 11.6. The van der Waals surface area contributed by atoms with Crippen LogP contribution in [0.5, 0.6) is 5.88 Å². The van der Waals surface area contributed by atoms with Crippen molar-refractivity contribution in [3.8, 4) is 5.88 Å². The monoisotopic (exact) mass is 289 g/mol. The van der Waals surface area contributed by atoms with Gasteiger partial charge in [0.2, 0.25) is 11.8 Å². The van der Waals surface area contributed by atoms with Gasteiger partial charge in [0.25, 0.3) is 0 Å². The van der Waals surface area contributed by atoms with Crippen molar-refractivity contribution in [1.82, 2.24) is 10.3 Å². The Balaban J connectivity index is 1.80. The number of rotatable bonds is 6. The molecule has 6 heteroatoms. The number of nitrogens with one attached hydrogen (secondary N) is 2.